The summed E-state index contributed by atoms with van der Waals surface area (Å²) < 4.78 is 1.47. The van der Waals surface area contributed by atoms with Crippen molar-refractivity contribution in [1.82, 2.24) is 19.7 Å². The highest BCUT2D eigenvalue weighted by molar-refractivity contribution is 5.81. The quantitative estimate of drug-likeness (QED) is 0.819. The van der Waals surface area contributed by atoms with Gasteiger partial charge in [0.1, 0.15) is 18.7 Å². The first-order valence-corrected chi connectivity index (χ1v) is 5.86. The number of nitrogens with zero attached hydrogens (tertiary/aromatic N) is 4. The summed E-state index contributed by atoms with van der Waals surface area (Å²) in [6, 6.07) is -0.452. The van der Waals surface area contributed by atoms with Crippen LogP contribution in [0.25, 0.3) is 0 Å². The molecule has 0 aliphatic carbocycles. The number of aliphatic carboxylic acids is 1. The number of likely N-dealkylation sites (tertiary alicyclic amines) is 1. The first-order chi connectivity index (χ1) is 8.50. The number of aromatic nitrogens is 3. The van der Waals surface area contributed by atoms with E-state index in [4.69, 9.17) is 5.11 Å². The van der Waals surface area contributed by atoms with Crippen molar-refractivity contribution < 1.29 is 14.7 Å². The summed E-state index contributed by atoms with van der Waals surface area (Å²) in [5.41, 5.74) is 0. The first kappa shape index (κ1) is 12.5. The van der Waals surface area contributed by atoms with Gasteiger partial charge in [0, 0.05) is 13.1 Å². The topological polar surface area (TPSA) is 88.3 Å². The number of carboxylic acid groups (broad SMARTS) is 1. The monoisotopic (exact) mass is 252 g/mol. The molecule has 0 saturated carbocycles. The maximum absolute atomic E-state index is 12.2. The zero-order valence-electron chi connectivity index (χ0n) is 10.4. The number of carbonyl (C=O) groups excluding carboxylic acids is 1. The number of hydrogen-bond donors (Lipinski definition) is 1. The predicted octanol–water partition coefficient (Wildman–Crippen LogP) is 0.0182. The van der Waals surface area contributed by atoms with Crippen LogP contribution in [0.5, 0.6) is 0 Å². The molecule has 0 bridgehead atoms. The first-order valence-electron chi connectivity index (χ1n) is 5.86. The smallest absolute Gasteiger partial charge is 0.308 e. The van der Waals surface area contributed by atoms with Crippen LogP contribution in [-0.2, 0) is 9.59 Å². The summed E-state index contributed by atoms with van der Waals surface area (Å²) in [7, 11) is 0. The molecule has 1 amide bonds. The van der Waals surface area contributed by atoms with Gasteiger partial charge in [-0.15, -0.1) is 0 Å². The van der Waals surface area contributed by atoms with E-state index in [0.29, 0.717) is 6.54 Å². The molecule has 2 rings (SSSR count). The zero-order chi connectivity index (χ0) is 13.3. The molecule has 2 heterocycles. The standard InChI is InChI=1S/C11H16N4O3/c1-7-3-14(4-9(7)11(17)18)10(16)8(2)15-6-12-5-13-15/h5-9H,3-4H2,1-2H3,(H,17,18). The van der Waals surface area contributed by atoms with Gasteiger partial charge < -0.3 is 10.0 Å². The van der Waals surface area contributed by atoms with Crippen LogP contribution in [0.15, 0.2) is 12.7 Å². The van der Waals surface area contributed by atoms with Crippen LogP contribution in [-0.4, -0.2) is 49.7 Å². The molecule has 1 aromatic heterocycles. The maximum atomic E-state index is 12.2. The summed E-state index contributed by atoms with van der Waals surface area (Å²) in [4.78, 5) is 28.6. The van der Waals surface area contributed by atoms with E-state index in [9.17, 15) is 9.59 Å². The Bertz CT molecular complexity index is 445. The highest BCUT2D eigenvalue weighted by Crippen LogP contribution is 2.25. The molecule has 0 aromatic carbocycles. The molecule has 3 unspecified atom stereocenters. The van der Waals surface area contributed by atoms with E-state index in [-0.39, 0.29) is 18.4 Å². The number of amides is 1. The van der Waals surface area contributed by atoms with Crippen molar-refractivity contribution >= 4 is 11.9 Å². The van der Waals surface area contributed by atoms with Gasteiger partial charge in [-0.1, -0.05) is 6.92 Å². The number of rotatable bonds is 3. The summed E-state index contributed by atoms with van der Waals surface area (Å²) in [5.74, 6) is -1.45. The molecule has 7 nitrogen and oxygen atoms in total. The minimum Gasteiger partial charge on any atom is -0.481 e. The van der Waals surface area contributed by atoms with Gasteiger partial charge in [-0.05, 0) is 12.8 Å². The van der Waals surface area contributed by atoms with Crippen LogP contribution >= 0.6 is 0 Å². The van der Waals surface area contributed by atoms with Crippen LogP contribution in [0.2, 0.25) is 0 Å². The second-order valence-electron chi connectivity index (χ2n) is 4.72. The Balaban J connectivity index is 2.05. The summed E-state index contributed by atoms with van der Waals surface area (Å²) >= 11 is 0. The maximum Gasteiger partial charge on any atom is 0.308 e. The van der Waals surface area contributed by atoms with E-state index in [0.717, 1.165) is 0 Å². The fraction of sp³-hybridized carbons (Fsp3) is 0.636. The van der Waals surface area contributed by atoms with Crippen LogP contribution in [0.1, 0.15) is 19.9 Å². The van der Waals surface area contributed by atoms with Gasteiger partial charge in [-0.3, -0.25) is 9.59 Å². The lowest BCUT2D eigenvalue weighted by Gasteiger charge is -2.20. The van der Waals surface area contributed by atoms with E-state index in [1.807, 2.05) is 6.92 Å². The number of carbonyl (C=O) groups is 2. The molecular weight excluding hydrogens is 236 g/mol. The molecule has 7 heteroatoms. The van der Waals surface area contributed by atoms with Crippen molar-refractivity contribution in [3.63, 3.8) is 0 Å². The minimum atomic E-state index is -0.841. The zero-order valence-corrected chi connectivity index (χ0v) is 10.4. The predicted molar refractivity (Wildman–Crippen MR) is 61.6 cm³/mol. The van der Waals surface area contributed by atoms with Gasteiger partial charge in [0.2, 0.25) is 5.91 Å². The van der Waals surface area contributed by atoms with Gasteiger partial charge in [0.15, 0.2) is 0 Å². The molecule has 1 aromatic rings. The van der Waals surface area contributed by atoms with Gasteiger partial charge in [-0.2, -0.15) is 5.10 Å². The van der Waals surface area contributed by atoms with Crippen LogP contribution in [0.4, 0.5) is 0 Å². The van der Waals surface area contributed by atoms with E-state index in [1.165, 1.54) is 17.3 Å². The third kappa shape index (κ3) is 2.20. The fourth-order valence-corrected chi connectivity index (χ4v) is 2.26. The average molecular weight is 252 g/mol. The lowest BCUT2D eigenvalue weighted by atomic mass is 9.99. The van der Waals surface area contributed by atoms with E-state index < -0.39 is 17.9 Å². The van der Waals surface area contributed by atoms with Crippen molar-refractivity contribution in [3.8, 4) is 0 Å². The van der Waals surface area contributed by atoms with Crippen molar-refractivity contribution in [2.45, 2.75) is 19.9 Å². The normalized spacial score (nSPS) is 25.1. The lowest BCUT2D eigenvalue weighted by molar-refractivity contribution is -0.142. The number of hydrogen-bond acceptors (Lipinski definition) is 4. The Morgan fingerprint density at radius 2 is 2.17 bits per heavy atom. The number of carboxylic acids is 1. The van der Waals surface area contributed by atoms with Crippen molar-refractivity contribution in [2.24, 2.45) is 11.8 Å². The van der Waals surface area contributed by atoms with E-state index in [2.05, 4.69) is 10.1 Å². The van der Waals surface area contributed by atoms with Crippen molar-refractivity contribution in [2.75, 3.05) is 13.1 Å². The molecule has 1 aliphatic rings. The second kappa shape index (κ2) is 4.75. The largest absolute Gasteiger partial charge is 0.481 e. The Labute approximate surface area is 104 Å². The molecule has 18 heavy (non-hydrogen) atoms. The summed E-state index contributed by atoms with van der Waals surface area (Å²) in [6.07, 6.45) is 2.85. The Hall–Kier alpha value is -1.92. The van der Waals surface area contributed by atoms with Gasteiger partial charge in [0.25, 0.3) is 0 Å². The highest BCUT2D eigenvalue weighted by atomic mass is 16.4. The fourth-order valence-electron chi connectivity index (χ4n) is 2.26. The van der Waals surface area contributed by atoms with Crippen LogP contribution < -0.4 is 0 Å². The van der Waals surface area contributed by atoms with Crippen molar-refractivity contribution in [1.29, 1.82) is 0 Å². The molecule has 0 spiro atoms. The summed E-state index contributed by atoms with van der Waals surface area (Å²) in [5, 5.41) is 13.0. The molecular formula is C11H16N4O3. The lowest BCUT2D eigenvalue weighted by Crippen LogP contribution is -2.35. The van der Waals surface area contributed by atoms with E-state index in [1.54, 1.807) is 11.8 Å². The van der Waals surface area contributed by atoms with E-state index >= 15 is 0 Å². The third-order valence-corrected chi connectivity index (χ3v) is 3.43. The molecule has 1 fully saturated rings. The Kier molecular flexibility index (Phi) is 3.31. The Morgan fingerprint density at radius 1 is 1.44 bits per heavy atom. The van der Waals surface area contributed by atoms with Crippen LogP contribution in [0, 0.1) is 11.8 Å². The molecule has 3 atom stereocenters. The molecule has 0 radical (unpaired) electrons. The molecule has 1 aliphatic heterocycles. The minimum absolute atomic E-state index is 0.0191. The molecule has 98 valence electrons. The highest BCUT2D eigenvalue weighted by Gasteiger charge is 2.38. The van der Waals surface area contributed by atoms with Gasteiger partial charge in [0.05, 0.1) is 5.92 Å². The summed E-state index contributed by atoms with van der Waals surface area (Å²) in [6.45, 7) is 4.34. The average Bonchev–Trinajstić information content (AvgIpc) is 2.95. The molecule has 1 saturated heterocycles. The Morgan fingerprint density at radius 3 is 2.67 bits per heavy atom. The van der Waals surface area contributed by atoms with Gasteiger partial charge in [-0.25, -0.2) is 9.67 Å². The van der Waals surface area contributed by atoms with Crippen LogP contribution in [0.3, 0.4) is 0 Å². The molecule has 1 N–H and O–H groups in total. The third-order valence-electron chi connectivity index (χ3n) is 3.43. The van der Waals surface area contributed by atoms with Crippen molar-refractivity contribution in [3.05, 3.63) is 12.7 Å². The second-order valence-corrected chi connectivity index (χ2v) is 4.72. The van der Waals surface area contributed by atoms with Gasteiger partial charge >= 0.3 is 5.97 Å². The SMILES string of the molecule is CC1CN(C(=O)C(C)n2cncn2)CC1C(=O)O.